The molecular weight excluding hydrogens is 251 g/mol. The summed E-state index contributed by atoms with van der Waals surface area (Å²) in [4.78, 5) is 0. The summed E-state index contributed by atoms with van der Waals surface area (Å²) in [5.41, 5.74) is 0.780. The summed E-state index contributed by atoms with van der Waals surface area (Å²) in [6.07, 6.45) is -0.194. The van der Waals surface area contributed by atoms with Crippen molar-refractivity contribution in [3.05, 3.63) is 34.1 Å². The molecule has 0 N–H and O–H groups in total. The molecule has 78 valence electrons. The molecule has 0 aliphatic carbocycles. The molecule has 1 aromatic carbocycles. The molecule has 0 spiro atoms. The standard InChI is InChI=1S/C10H12BrFO2/c1-7(14-6-13-2)9-5-8(12)3-4-10(9)11/h3-5,7H,6H2,1-2H3. The second-order valence-electron chi connectivity index (χ2n) is 2.88. The van der Waals surface area contributed by atoms with Gasteiger partial charge in [0.2, 0.25) is 0 Å². The van der Waals surface area contributed by atoms with Gasteiger partial charge in [-0.15, -0.1) is 0 Å². The lowest BCUT2D eigenvalue weighted by atomic mass is 10.1. The lowest BCUT2D eigenvalue weighted by Crippen LogP contribution is -2.04. The molecule has 1 unspecified atom stereocenters. The molecule has 0 bridgehead atoms. The summed E-state index contributed by atoms with van der Waals surface area (Å²) < 4.78 is 23.8. The third-order valence-corrected chi connectivity index (χ3v) is 2.55. The first-order valence-electron chi connectivity index (χ1n) is 4.20. The summed E-state index contributed by atoms with van der Waals surface area (Å²) >= 11 is 3.34. The van der Waals surface area contributed by atoms with Gasteiger partial charge in [0, 0.05) is 11.6 Å². The Hall–Kier alpha value is -0.450. The fourth-order valence-electron chi connectivity index (χ4n) is 1.09. The molecule has 4 heteroatoms. The molecule has 0 amide bonds. The van der Waals surface area contributed by atoms with Crippen LogP contribution in [0.25, 0.3) is 0 Å². The molecule has 0 aliphatic heterocycles. The van der Waals surface area contributed by atoms with Gasteiger partial charge < -0.3 is 9.47 Å². The highest BCUT2D eigenvalue weighted by Gasteiger charge is 2.10. The number of ether oxygens (including phenoxy) is 2. The SMILES string of the molecule is COCOC(C)c1cc(F)ccc1Br. The van der Waals surface area contributed by atoms with Crippen LogP contribution >= 0.6 is 15.9 Å². The van der Waals surface area contributed by atoms with Crippen LogP contribution in [0.5, 0.6) is 0 Å². The van der Waals surface area contributed by atoms with E-state index in [0.717, 1.165) is 10.0 Å². The van der Waals surface area contributed by atoms with Gasteiger partial charge in [0.25, 0.3) is 0 Å². The highest BCUT2D eigenvalue weighted by molar-refractivity contribution is 9.10. The lowest BCUT2D eigenvalue weighted by molar-refractivity contribution is -0.0669. The minimum atomic E-state index is -0.268. The molecule has 2 nitrogen and oxygen atoms in total. The van der Waals surface area contributed by atoms with Crippen LogP contribution in [0.1, 0.15) is 18.6 Å². The second kappa shape index (κ2) is 5.44. The molecule has 0 aromatic heterocycles. The second-order valence-corrected chi connectivity index (χ2v) is 3.74. The van der Waals surface area contributed by atoms with E-state index in [0.29, 0.717) is 0 Å². The Morgan fingerprint density at radius 1 is 1.50 bits per heavy atom. The average Bonchev–Trinajstić information content (AvgIpc) is 2.18. The van der Waals surface area contributed by atoms with E-state index in [1.807, 2.05) is 6.92 Å². The first kappa shape index (κ1) is 11.6. The summed E-state index contributed by atoms with van der Waals surface area (Å²) in [6.45, 7) is 2.04. The third-order valence-electron chi connectivity index (χ3n) is 1.83. The van der Waals surface area contributed by atoms with Gasteiger partial charge in [0.15, 0.2) is 0 Å². The van der Waals surface area contributed by atoms with Crippen molar-refractivity contribution in [3.8, 4) is 0 Å². The van der Waals surface area contributed by atoms with Crippen LogP contribution < -0.4 is 0 Å². The Labute approximate surface area is 91.2 Å². The Balaban J connectivity index is 2.77. The van der Waals surface area contributed by atoms with E-state index in [9.17, 15) is 4.39 Å². The topological polar surface area (TPSA) is 18.5 Å². The van der Waals surface area contributed by atoms with Gasteiger partial charge >= 0.3 is 0 Å². The predicted octanol–water partition coefficient (Wildman–Crippen LogP) is 3.27. The molecule has 0 aliphatic rings. The van der Waals surface area contributed by atoms with Gasteiger partial charge in [-0.25, -0.2) is 4.39 Å². The summed E-state index contributed by atoms with van der Waals surface area (Å²) in [6, 6.07) is 4.51. The van der Waals surface area contributed by atoms with E-state index < -0.39 is 0 Å². The fourth-order valence-corrected chi connectivity index (χ4v) is 1.66. The molecule has 0 heterocycles. The number of rotatable bonds is 4. The number of hydrogen-bond acceptors (Lipinski definition) is 2. The van der Waals surface area contributed by atoms with Crippen molar-refractivity contribution >= 4 is 15.9 Å². The van der Waals surface area contributed by atoms with E-state index in [1.54, 1.807) is 13.2 Å². The van der Waals surface area contributed by atoms with Crippen molar-refractivity contribution in [3.63, 3.8) is 0 Å². The normalized spacial score (nSPS) is 12.9. The maximum Gasteiger partial charge on any atom is 0.147 e. The molecule has 0 radical (unpaired) electrons. The van der Waals surface area contributed by atoms with Gasteiger partial charge in [-0.3, -0.25) is 0 Å². The smallest absolute Gasteiger partial charge is 0.147 e. The Morgan fingerprint density at radius 3 is 2.86 bits per heavy atom. The van der Waals surface area contributed by atoms with Gasteiger partial charge in [0.05, 0.1) is 6.10 Å². The Bertz CT molecular complexity index is 304. The summed E-state index contributed by atoms with van der Waals surface area (Å²) in [5.74, 6) is -0.268. The van der Waals surface area contributed by atoms with Crippen molar-refractivity contribution in [1.82, 2.24) is 0 Å². The van der Waals surface area contributed by atoms with Crippen molar-refractivity contribution < 1.29 is 13.9 Å². The first-order valence-corrected chi connectivity index (χ1v) is 5.00. The number of hydrogen-bond donors (Lipinski definition) is 0. The van der Waals surface area contributed by atoms with E-state index in [1.165, 1.54) is 12.1 Å². The van der Waals surface area contributed by atoms with E-state index in [2.05, 4.69) is 15.9 Å². The van der Waals surface area contributed by atoms with Crippen molar-refractivity contribution in [1.29, 1.82) is 0 Å². The van der Waals surface area contributed by atoms with Crippen LogP contribution in [0.15, 0.2) is 22.7 Å². The van der Waals surface area contributed by atoms with Crippen LogP contribution in [0.2, 0.25) is 0 Å². The van der Waals surface area contributed by atoms with Crippen molar-refractivity contribution in [2.24, 2.45) is 0 Å². The minimum absolute atomic E-state index is 0.194. The molecule has 0 saturated carbocycles. The Kier molecular flexibility index (Phi) is 4.51. The molecule has 0 saturated heterocycles. The van der Waals surface area contributed by atoms with Gasteiger partial charge in [-0.1, -0.05) is 15.9 Å². The summed E-state index contributed by atoms with van der Waals surface area (Å²) in [5, 5.41) is 0. The molecule has 0 fully saturated rings. The lowest BCUT2D eigenvalue weighted by Gasteiger charge is -2.14. The van der Waals surface area contributed by atoms with Gasteiger partial charge in [-0.05, 0) is 30.7 Å². The highest BCUT2D eigenvalue weighted by Crippen LogP contribution is 2.26. The number of methoxy groups -OCH3 is 1. The fraction of sp³-hybridized carbons (Fsp3) is 0.400. The zero-order valence-corrected chi connectivity index (χ0v) is 9.67. The molecule has 1 rings (SSSR count). The average molecular weight is 263 g/mol. The van der Waals surface area contributed by atoms with Crippen LogP contribution in [0, 0.1) is 5.82 Å². The predicted molar refractivity (Wildman–Crippen MR) is 55.5 cm³/mol. The Morgan fingerprint density at radius 2 is 2.21 bits per heavy atom. The highest BCUT2D eigenvalue weighted by atomic mass is 79.9. The van der Waals surface area contributed by atoms with Gasteiger partial charge in [0.1, 0.15) is 12.6 Å². The maximum atomic E-state index is 12.9. The first-order chi connectivity index (χ1) is 6.65. The zero-order valence-electron chi connectivity index (χ0n) is 8.09. The third kappa shape index (κ3) is 3.04. The van der Waals surface area contributed by atoms with Crippen LogP contribution in [-0.4, -0.2) is 13.9 Å². The van der Waals surface area contributed by atoms with E-state index in [-0.39, 0.29) is 18.7 Å². The monoisotopic (exact) mass is 262 g/mol. The number of benzene rings is 1. The number of halogens is 2. The maximum absolute atomic E-state index is 12.9. The minimum Gasteiger partial charge on any atom is -0.359 e. The molecule has 14 heavy (non-hydrogen) atoms. The van der Waals surface area contributed by atoms with Crippen LogP contribution in [0.3, 0.4) is 0 Å². The summed E-state index contributed by atoms with van der Waals surface area (Å²) in [7, 11) is 1.55. The molecule has 1 atom stereocenters. The zero-order chi connectivity index (χ0) is 10.6. The van der Waals surface area contributed by atoms with Crippen LogP contribution in [-0.2, 0) is 9.47 Å². The van der Waals surface area contributed by atoms with E-state index in [4.69, 9.17) is 9.47 Å². The quantitative estimate of drug-likeness (QED) is 0.776. The van der Waals surface area contributed by atoms with Crippen molar-refractivity contribution in [2.45, 2.75) is 13.0 Å². The van der Waals surface area contributed by atoms with Crippen LogP contribution in [0.4, 0.5) is 4.39 Å². The molecular formula is C10H12BrFO2. The largest absolute Gasteiger partial charge is 0.359 e. The molecule has 1 aromatic rings. The van der Waals surface area contributed by atoms with E-state index >= 15 is 0 Å². The van der Waals surface area contributed by atoms with Crippen molar-refractivity contribution in [2.75, 3.05) is 13.9 Å². The van der Waals surface area contributed by atoms with Gasteiger partial charge in [-0.2, -0.15) is 0 Å².